The molecule has 0 heterocycles. The summed E-state index contributed by atoms with van der Waals surface area (Å²) in [5, 5.41) is 0. The maximum Gasteiger partial charge on any atom is 0.0925 e. The molecule has 0 aliphatic heterocycles. The Hall–Kier alpha value is -0.920. The molecule has 0 unspecified atom stereocenters. The molecule has 0 saturated heterocycles. The molecule has 0 aliphatic carbocycles. The number of allylic oxidation sites excluding steroid dienone is 4. The van der Waals surface area contributed by atoms with Crippen molar-refractivity contribution in [2.24, 2.45) is 0 Å². The Bertz CT molecular complexity index is 127. The van der Waals surface area contributed by atoms with Gasteiger partial charge in [0.2, 0.25) is 0 Å². The lowest BCUT2D eigenvalue weighted by atomic mass is 10.4. The van der Waals surface area contributed by atoms with Crippen molar-refractivity contribution in [3.05, 3.63) is 23.7 Å². The zero-order valence-electron chi connectivity index (χ0n) is 6.97. The molecular formula is C8H14O2. The zero-order chi connectivity index (χ0) is 7.98. The first-order valence-corrected chi connectivity index (χ1v) is 3.14. The lowest BCUT2D eigenvalue weighted by Crippen LogP contribution is -1.79. The van der Waals surface area contributed by atoms with Gasteiger partial charge in [-0.1, -0.05) is 0 Å². The number of hydrogen-bond acceptors (Lipinski definition) is 2. The van der Waals surface area contributed by atoms with Crippen LogP contribution in [0.1, 0.15) is 13.8 Å². The fourth-order valence-electron chi connectivity index (χ4n) is 0.371. The van der Waals surface area contributed by atoms with E-state index in [4.69, 9.17) is 9.47 Å². The van der Waals surface area contributed by atoms with Crippen molar-refractivity contribution in [3.63, 3.8) is 0 Å². The minimum absolute atomic E-state index is 0.872. The third-order valence-corrected chi connectivity index (χ3v) is 1.20. The van der Waals surface area contributed by atoms with Crippen LogP contribution in [0.5, 0.6) is 0 Å². The number of ether oxygens (including phenoxy) is 2. The highest BCUT2D eigenvalue weighted by Crippen LogP contribution is 1.97. The summed E-state index contributed by atoms with van der Waals surface area (Å²) >= 11 is 0. The first-order chi connectivity index (χ1) is 4.70. The quantitative estimate of drug-likeness (QED) is 0.443. The molecule has 0 aromatic rings. The third kappa shape index (κ3) is 4.01. The molecule has 58 valence electrons. The molecule has 0 rings (SSSR count). The maximum atomic E-state index is 4.91. The topological polar surface area (TPSA) is 18.5 Å². The predicted molar refractivity (Wildman–Crippen MR) is 41.5 cm³/mol. The minimum atomic E-state index is 0.872. The van der Waals surface area contributed by atoms with E-state index in [0.29, 0.717) is 0 Å². The molecule has 0 aromatic carbocycles. The van der Waals surface area contributed by atoms with Crippen LogP contribution >= 0.6 is 0 Å². The van der Waals surface area contributed by atoms with Crippen molar-refractivity contribution in [2.75, 3.05) is 14.2 Å². The summed E-state index contributed by atoms with van der Waals surface area (Å²) in [6.45, 7) is 3.78. The molecule has 0 aliphatic rings. The van der Waals surface area contributed by atoms with Gasteiger partial charge in [0.05, 0.1) is 25.7 Å². The van der Waals surface area contributed by atoms with Crippen LogP contribution in [0.25, 0.3) is 0 Å². The molecule has 0 amide bonds. The summed E-state index contributed by atoms with van der Waals surface area (Å²) in [5.74, 6) is 1.74. The zero-order valence-corrected chi connectivity index (χ0v) is 6.97. The van der Waals surface area contributed by atoms with Crippen LogP contribution in [0.2, 0.25) is 0 Å². The van der Waals surface area contributed by atoms with Crippen LogP contribution in [0.3, 0.4) is 0 Å². The summed E-state index contributed by atoms with van der Waals surface area (Å²) < 4.78 is 9.81. The largest absolute Gasteiger partial charge is 0.501 e. The normalized spacial score (nSPS) is 13.2. The van der Waals surface area contributed by atoms with Crippen molar-refractivity contribution in [1.29, 1.82) is 0 Å². The highest BCUT2D eigenvalue weighted by Gasteiger charge is 1.82. The van der Waals surface area contributed by atoms with E-state index in [1.54, 1.807) is 14.2 Å². The van der Waals surface area contributed by atoms with Crippen LogP contribution in [0, 0.1) is 0 Å². The first-order valence-electron chi connectivity index (χ1n) is 3.14. The monoisotopic (exact) mass is 142 g/mol. The number of rotatable bonds is 3. The van der Waals surface area contributed by atoms with E-state index in [1.165, 1.54) is 0 Å². The van der Waals surface area contributed by atoms with Gasteiger partial charge in [0.15, 0.2) is 0 Å². The fourth-order valence-corrected chi connectivity index (χ4v) is 0.371. The van der Waals surface area contributed by atoms with Gasteiger partial charge in [0, 0.05) is 0 Å². The Labute approximate surface area is 62.1 Å². The van der Waals surface area contributed by atoms with Gasteiger partial charge in [-0.3, -0.25) is 0 Å². The van der Waals surface area contributed by atoms with Gasteiger partial charge in [0.1, 0.15) is 0 Å². The maximum absolute atomic E-state index is 4.91. The van der Waals surface area contributed by atoms with Crippen molar-refractivity contribution in [1.82, 2.24) is 0 Å². The fraction of sp³-hybridized carbons (Fsp3) is 0.500. The van der Waals surface area contributed by atoms with Crippen LogP contribution in [-0.4, -0.2) is 14.2 Å². The van der Waals surface area contributed by atoms with Crippen LogP contribution in [0.15, 0.2) is 23.7 Å². The molecule has 0 saturated carbocycles. The van der Waals surface area contributed by atoms with Gasteiger partial charge >= 0.3 is 0 Å². The molecule has 0 aromatic heterocycles. The Kier molecular flexibility index (Phi) is 4.46. The summed E-state index contributed by atoms with van der Waals surface area (Å²) in [5.41, 5.74) is 0. The average molecular weight is 142 g/mol. The summed E-state index contributed by atoms with van der Waals surface area (Å²) in [6.07, 6.45) is 3.72. The predicted octanol–water partition coefficient (Wildman–Crippen LogP) is 2.09. The molecule has 2 nitrogen and oxygen atoms in total. The second-order valence-corrected chi connectivity index (χ2v) is 1.96. The summed E-state index contributed by atoms with van der Waals surface area (Å²) in [7, 11) is 3.28. The Balaban J connectivity index is 3.91. The van der Waals surface area contributed by atoms with E-state index in [2.05, 4.69) is 0 Å². The van der Waals surface area contributed by atoms with E-state index >= 15 is 0 Å². The smallest absolute Gasteiger partial charge is 0.0925 e. The molecule has 10 heavy (non-hydrogen) atoms. The highest BCUT2D eigenvalue weighted by molar-refractivity contribution is 5.08. The van der Waals surface area contributed by atoms with Crippen LogP contribution < -0.4 is 0 Å². The van der Waals surface area contributed by atoms with Crippen LogP contribution in [0.4, 0.5) is 0 Å². The first kappa shape index (κ1) is 9.08. The van der Waals surface area contributed by atoms with Crippen molar-refractivity contribution < 1.29 is 9.47 Å². The average Bonchev–Trinajstić information content (AvgIpc) is 1.99. The molecule has 0 atom stereocenters. The van der Waals surface area contributed by atoms with E-state index < -0.39 is 0 Å². The Morgan fingerprint density at radius 1 is 0.900 bits per heavy atom. The molecule has 2 heteroatoms. The second-order valence-electron chi connectivity index (χ2n) is 1.96. The Morgan fingerprint density at radius 3 is 1.40 bits per heavy atom. The molecular weight excluding hydrogens is 128 g/mol. The lowest BCUT2D eigenvalue weighted by molar-refractivity contribution is 0.288. The van der Waals surface area contributed by atoms with Gasteiger partial charge in [-0.05, 0) is 26.0 Å². The third-order valence-electron chi connectivity index (χ3n) is 1.20. The summed E-state index contributed by atoms with van der Waals surface area (Å²) in [6, 6.07) is 0. The van der Waals surface area contributed by atoms with Crippen molar-refractivity contribution in [2.45, 2.75) is 13.8 Å². The van der Waals surface area contributed by atoms with Gasteiger partial charge in [-0.15, -0.1) is 0 Å². The summed E-state index contributed by atoms with van der Waals surface area (Å²) in [4.78, 5) is 0. The van der Waals surface area contributed by atoms with Gasteiger partial charge in [-0.25, -0.2) is 0 Å². The highest BCUT2D eigenvalue weighted by atomic mass is 16.5. The van der Waals surface area contributed by atoms with E-state index in [0.717, 1.165) is 11.5 Å². The number of methoxy groups -OCH3 is 2. The van der Waals surface area contributed by atoms with E-state index in [1.807, 2.05) is 26.0 Å². The number of hydrogen-bond donors (Lipinski definition) is 0. The molecule has 0 bridgehead atoms. The van der Waals surface area contributed by atoms with Crippen LogP contribution in [-0.2, 0) is 9.47 Å². The standard InChI is InChI=1S/C8H14O2/c1-7(9-3)5-6-8(2)10-4/h5-6H,1-4H3/b7-5+,8-6+. The lowest BCUT2D eigenvalue weighted by Gasteiger charge is -1.97. The van der Waals surface area contributed by atoms with Gasteiger partial charge < -0.3 is 9.47 Å². The van der Waals surface area contributed by atoms with E-state index in [9.17, 15) is 0 Å². The molecule has 0 N–H and O–H groups in total. The van der Waals surface area contributed by atoms with E-state index in [-0.39, 0.29) is 0 Å². The minimum Gasteiger partial charge on any atom is -0.501 e. The van der Waals surface area contributed by atoms with Gasteiger partial charge in [0.25, 0.3) is 0 Å². The molecule has 0 spiro atoms. The second kappa shape index (κ2) is 4.91. The van der Waals surface area contributed by atoms with Gasteiger partial charge in [-0.2, -0.15) is 0 Å². The van der Waals surface area contributed by atoms with Crippen molar-refractivity contribution >= 4 is 0 Å². The molecule has 0 fully saturated rings. The Morgan fingerprint density at radius 2 is 1.20 bits per heavy atom. The van der Waals surface area contributed by atoms with Crippen molar-refractivity contribution in [3.8, 4) is 0 Å². The SMILES string of the molecule is CO/C(C)=C/C=C(\C)OC. The molecule has 0 radical (unpaired) electrons.